The Morgan fingerprint density at radius 3 is 2.27 bits per heavy atom. The lowest BCUT2D eigenvalue weighted by atomic mass is 9.89. The zero-order valence-corrected chi connectivity index (χ0v) is 37.6. The SMILES string of the molecule is CCN(C)S(=O)(=O)Nc1ccc(F)c(C(=O)c2c(C(=O)O)[nH]c3ncc(-c4ccc(N5CCC(NCC(=O)N6CCC(c7ccc(NC8CCC(=O)NC8=O)cc7)CC6)CC5)nc4)cc23)c1F. The van der Waals surface area contributed by atoms with E-state index in [2.05, 4.69) is 47.9 Å². The van der Waals surface area contributed by atoms with E-state index in [1.54, 1.807) is 19.2 Å². The number of H-pyrrole nitrogens is 1. The zero-order valence-electron chi connectivity index (χ0n) is 36.8. The van der Waals surface area contributed by atoms with Gasteiger partial charge in [-0.05, 0) is 86.1 Å². The fraction of sp³-hybridized carbons (Fsp3) is 0.370. The zero-order chi connectivity index (χ0) is 47.6. The maximum atomic E-state index is 15.8. The van der Waals surface area contributed by atoms with Crippen LogP contribution < -0.4 is 25.6 Å². The summed E-state index contributed by atoms with van der Waals surface area (Å²) in [6.45, 7) is 4.55. The number of aromatic carboxylic acids is 1. The minimum atomic E-state index is -4.26. The number of nitrogens with one attached hydrogen (secondary N) is 5. The number of hydrogen-bond donors (Lipinski definition) is 6. The van der Waals surface area contributed by atoms with Crippen molar-refractivity contribution >= 4 is 67.9 Å². The molecule has 1 atom stereocenters. The van der Waals surface area contributed by atoms with Gasteiger partial charge in [0.1, 0.15) is 29.0 Å². The highest BCUT2D eigenvalue weighted by molar-refractivity contribution is 7.90. The number of hydrogen-bond acceptors (Lipinski definition) is 12. The maximum Gasteiger partial charge on any atom is 0.353 e. The Hall–Kier alpha value is -6.84. The van der Waals surface area contributed by atoms with Crippen molar-refractivity contribution in [3.63, 3.8) is 0 Å². The number of rotatable bonds is 15. The van der Waals surface area contributed by atoms with Gasteiger partial charge in [-0.15, -0.1) is 0 Å². The summed E-state index contributed by atoms with van der Waals surface area (Å²) in [5.41, 5.74) is -0.0715. The third-order valence-electron chi connectivity index (χ3n) is 12.8. The molecule has 0 bridgehead atoms. The quantitative estimate of drug-likeness (QED) is 0.0622. The molecule has 0 radical (unpaired) electrons. The first-order valence-corrected chi connectivity index (χ1v) is 23.5. The number of pyridine rings is 2. The van der Waals surface area contributed by atoms with Gasteiger partial charge in [0, 0.05) is 86.8 Å². The summed E-state index contributed by atoms with van der Waals surface area (Å²) in [6.07, 6.45) is 7.10. The number of carbonyl (C=O) groups is 5. The third kappa shape index (κ3) is 10.1. The standard InChI is InChI=1S/C46H50F2N10O8S/c1-3-56(2)67(65,66)55-34-10-9-33(47)40(41(34)48)43(61)39-32-22-29(24-51-44(32)54-42(39)46(63)64)28-6-12-36(50-23-28)57-20-16-30(17-21-57)49-25-38(60)58-18-14-27(15-19-58)26-4-7-31(8-5-26)52-35-11-13-37(59)53-45(35)62/h4-10,12,22-24,27,30,35,49,52,55H,3,11,13-21,25H2,1-2H3,(H,51,54)(H,63,64)(H,53,59,62). The molecule has 2 aromatic carbocycles. The van der Waals surface area contributed by atoms with Gasteiger partial charge in [0.15, 0.2) is 5.82 Å². The molecule has 3 fully saturated rings. The molecule has 3 saturated heterocycles. The number of aromatic nitrogens is 3. The summed E-state index contributed by atoms with van der Waals surface area (Å²) in [6, 6.07) is 14.4. The van der Waals surface area contributed by atoms with Gasteiger partial charge in [-0.2, -0.15) is 12.7 Å². The first-order valence-electron chi connectivity index (χ1n) is 22.0. The third-order valence-corrected chi connectivity index (χ3v) is 14.3. The summed E-state index contributed by atoms with van der Waals surface area (Å²) >= 11 is 0. The number of likely N-dealkylation sites (tertiary alicyclic amines) is 1. The van der Waals surface area contributed by atoms with Crippen LogP contribution in [-0.4, -0.2) is 126 Å². The molecule has 3 amide bonds. The van der Waals surface area contributed by atoms with Crippen LogP contribution in [0.1, 0.15) is 83.3 Å². The van der Waals surface area contributed by atoms with Crippen LogP contribution in [0.25, 0.3) is 22.2 Å². The highest BCUT2D eigenvalue weighted by Gasteiger charge is 2.32. The minimum absolute atomic E-state index is 0.0257. The lowest BCUT2D eigenvalue weighted by molar-refractivity contribution is -0.134. The van der Waals surface area contributed by atoms with Crippen LogP contribution in [0.4, 0.5) is 26.0 Å². The molecule has 3 aliphatic rings. The number of halogens is 2. The van der Waals surface area contributed by atoms with Crippen molar-refractivity contribution in [2.45, 2.75) is 63.5 Å². The van der Waals surface area contributed by atoms with E-state index in [0.29, 0.717) is 61.9 Å². The molecule has 0 saturated carbocycles. The van der Waals surface area contributed by atoms with Gasteiger partial charge >= 0.3 is 16.2 Å². The second-order valence-electron chi connectivity index (χ2n) is 16.9. The van der Waals surface area contributed by atoms with Crippen molar-refractivity contribution < 1.29 is 46.3 Å². The number of imide groups is 1. The number of aromatic amines is 1. The smallest absolute Gasteiger partial charge is 0.353 e. The number of carboxylic acid groups (broad SMARTS) is 1. The van der Waals surface area contributed by atoms with E-state index in [1.165, 1.54) is 24.9 Å². The molecular weight excluding hydrogens is 891 g/mol. The Kier molecular flexibility index (Phi) is 13.6. The highest BCUT2D eigenvalue weighted by Crippen LogP contribution is 2.33. The predicted molar refractivity (Wildman–Crippen MR) is 245 cm³/mol. The number of piperidine rings is 3. The van der Waals surface area contributed by atoms with Crippen molar-refractivity contribution in [2.24, 2.45) is 0 Å². The van der Waals surface area contributed by atoms with Gasteiger partial charge in [0.2, 0.25) is 23.5 Å². The first kappa shape index (κ1) is 46.7. The lowest BCUT2D eigenvalue weighted by Crippen LogP contribution is -2.48. The molecule has 0 spiro atoms. The summed E-state index contributed by atoms with van der Waals surface area (Å²) in [5, 5.41) is 19.0. The Balaban J connectivity index is 0.847. The minimum Gasteiger partial charge on any atom is -0.477 e. The monoisotopic (exact) mass is 940 g/mol. The van der Waals surface area contributed by atoms with E-state index in [4.69, 9.17) is 0 Å². The average molecular weight is 941 g/mol. The molecule has 0 aliphatic carbocycles. The van der Waals surface area contributed by atoms with Gasteiger partial charge in [0.25, 0.3) is 0 Å². The molecule has 6 N–H and O–H groups in total. The van der Waals surface area contributed by atoms with Crippen LogP contribution in [0.15, 0.2) is 67.0 Å². The molecule has 18 nitrogen and oxygen atoms in total. The van der Waals surface area contributed by atoms with Crippen molar-refractivity contribution in [2.75, 3.05) is 61.3 Å². The van der Waals surface area contributed by atoms with E-state index in [0.717, 1.165) is 47.8 Å². The van der Waals surface area contributed by atoms with Crippen LogP contribution >= 0.6 is 0 Å². The Morgan fingerprint density at radius 1 is 0.896 bits per heavy atom. The Morgan fingerprint density at radius 2 is 1.61 bits per heavy atom. The predicted octanol–water partition coefficient (Wildman–Crippen LogP) is 4.62. The van der Waals surface area contributed by atoms with Crippen LogP contribution in [0.5, 0.6) is 0 Å². The fourth-order valence-corrected chi connectivity index (χ4v) is 9.65. The van der Waals surface area contributed by atoms with Crippen molar-refractivity contribution in [1.29, 1.82) is 0 Å². The topological polar surface area (TPSA) is 239 Å². The fourth-order valence-electron chi connectivity index (χ4n) is 8.72. The number of benzene rings is 2. The molecule has 8 rings (SSSR count). The number of carbonyl (C=O) groups excluding carboxylic acids is 4. The normalized spacial score (nSPS) is 17.5. The molecule has 67 heavy (non-hydrogen) atoms. The summed E-state index contributed by atoms with van der Waals surface area (Å²) in [4.78, 5) is 78.6. The van der Waals surface area contributed by atoms with Crippen molar-refractivity contribution in [1.82, 2.24) is 34.8 Å². The van der Waals surface area contributed by atoms with E-state index in [9.17, 15) is 37.5 Å². The average Bonchev–Trinajstić information content (AvgIpc) is 3.72. The van der Waals surface area contributed by atoms with Crippen LogP contribution in [0, 0.1) is 11.6 Å². The molecule has 5 aromatic rings. The van der Waals surface area contributed by atoms with E-state index in [1.807, 2.05) is 27.8 Å². The molecule has 21 heteroatoms. The molecular formula is C46H50F2N10O8S. The van der Waals surface area contributed by atoms with Crippen LogP contribution in [0.3, 0.4) is 0 Å². The Bertz CT molecular complexity index is 2830. The van der Waals surface area contributed by atoms with Gasteiger partial charge in [-0.3, -0.25) is 29.2 Å². The number of ketones is 1. The summed E-state index contributed by atoms with van der Waals surface area (Å²) < 4.78 is 59.1. The second-order valence-corrected chi connectivity index (χ2v) is 18.7. The van der Waals surface area contributed by atoms with E-state index < -0.39 is 62.1 Å². The maximum absolute atomic E-state index is 15.8. The highest BCUT2D eigenvalue weighted by atomic mass is 32.2. The van der Waals surface area contributed by atoms with Crippen molar-refractivity contribution in [3.05, 3.63) is 101 Å². The summed E-state index contributed by atoms with van der Waals surface area (Å²) in [5.74, 6) is -5.20. The van der Waals surface area contributed by atoms with Gasteiger partial charge in [0.05, 0.1) is 23.4 Å². The van der Waals surface area contributed by atoms with E-state index >= 15 is 8.78 Å². The number of carboxylic acids is 1. The van der Waals surface area contributed by atoms with Gasteiger partial charge in [-0.25, -0.2) is 23.5 Å². The number of nitrogens with zero attached hydrogens (tertiary/aromatic N) is 5. The second kappa shape index (κ2) is 19.6. The largest absolute Gasteiger partial charge is 0.477 e. The summed E-state index contributed by atoms with van der Waals surface area (Å²) in [7, 11) is -3.02. The number of amides is 3. The molecule has 352 valence electrons. The van der Waals surface area contributed by atoms with Crippen LogP contribution in [0.2, 0.25) is 0 Å². The van der Waals surface area contributed by atoms with E-state index in [-0.39, 0.29) is 47.9 Å². The Labute approximate surface area is 384 Å². The molecule has 1 unspecified atom stereocenters. The molecule has 3 aliphatic heterocycles. The first-order chi connectivity index (χ1) is 32.1. The number of anilines is 3. The molecule has 3 aromatic heterocycles. The van der Waals surface area contributed by atoms with Crippen molar-refractivity contribution in [3.8, 4) is 11.1 Å². The van der Waals surface area contributed by atoms with Gasteiger partial charge < -0.3 is 30.5 Å². The van der Waals surface area contributed by atoms with Crippen LogP contribution in [-0.2, 0) is 24.6 Å². The number of fused-ring (bicyclic) bond motifs is 1. The lowest BCUT2D eigenvalue weighted by Gasteiger charge is -2.35. The molecule has 6 heterocycles. The van der Waals surface area contributed by atoms with Gasteiger partial charge in [-0.1, -0.05) is 19.1 Å².